The van der Waals surface area contributed by atoms with Crippen molar-refractivity contribution in [3.8, 4) is 16.9 Å². The predicted octanol–water partition coefficient (Wildman–Crippen LogP) is 5.02. The Morgan fingerprint density at radius 1 is 1.03 bits per heavy atom. The van der Waals surface area contributed by atoms with Gasteiger partial charge < -0.3 is 10.1 Å². The van der Waals surface area contributed by atoms with E-state index in [0.717, 1.165) is 11.6 Å². The molecule has 0 aromatic heterocycles. The molecule has 0 spiro atoms. The van der Waals surface area contributed by atoms with Gasteiger partial charge in [-0.2, -0.15) is 8.78 Å². The maximum absolute atomic E-state index is 14.0. The number of anilines is 2. The van der Waals surface area contributed by atoms with Crippen molar-refractivity contribution in [1.82, 2.24) is 0 Å². The van der Waals surface area contributed by atoms with Crippen LogP contribution in [0.1, 0.15) is 5.56 Å². The van der Waals surface area contributed by atoms with Crippen LogP contribution in [0.2, 0.25) is 0 Å². The normalized spacial score (nSPS) is 13.6. The molecule has 162 valence electrons. The molecule has 4 rings (SSSR count). The Kier molecular flexibility index (Phi) is 5.53. The fraction of sp³-hybridized carbons (Fsp3) is 0.182. The molecule has 1 aliphatic heterocycles. The number of sulfonamides is 1. The average Bonchev–Trinajstić information content (AvgIpc) is 2.72. The highest BCUT2D eigenvalue weighted by Gasteiger charge is 2.29. The second-order valence-electron chi connectivity index (χ2n) is 7.11. The molecule has 1 aliphatic rings. The highest BCUT2D eigenvalue weighted by Crippen LogP contribution is 2.38. The van der Waals surface area contributed by atoms with Gasteiger partial charge in [-0.25, -0.2) is 12.8 Å². The molecule has 0 fully saturated rings. The van der Waals surface area contributed by atoms with Gasteiger partial charge in [-0.15, -0.1) is 0 Å². The number of aryl methyl sites for hydroxylation is 1. The van der Waals surface area contributed by atoms with Gasteiger partial charge in [-0.3, -0.25) is 4.31 Å². The SMILES string of the molecule is Cc1cccc(S(=O)(=O)N2CCNc3ccc(-c4cc(F)cc(OC(F)F)c4)cc32)c1. The van der Waals surface area contributed by atoms with Crippen molar-refractivity contribution in [3.63, 3.8) is 0 Å². The summed E-state index contributed by atoms with van der Waals surface area (Å²) < 4.78 is 71.3. The fourth-order valence-corrected chi connectivity index (χ4v) is 5.11. The van der Waals surface area contributed by atoms with Gasteiger partial charge in [-0.05, 0) is 60.0 Å². The van der Waals surface area contributed by atoms with Crippen molar-refractivity contribution in [2.75, 3.05) is 22.7 Å². The summed E-state index contributed by atoms with van der Waals surface area (Å²) in [6, 6.07) is 14.9. The Labute approximate surface area is 178 Å². The van der Waals surface area contributed by atoms with Gasteiger partial charge in [0.1, 0.15) is 11.6 Å². The molecule has 0 saturated carbocycles. The summed E-state index contributed by atoms with van der Waals surface area (Å²) in [5.74, 6) is -1.06. The molecule has 1 N–H and O–H groups in total. The molecule has 31 heavy (non-hydrogen) atoms. The van der Waals surface area contributed by atoms with Crippen LogP contribution in [0, 0.1) is 12.7 Å². The third-order valence-corrected chi connectivity index (χ3v) is 6.71. The van der Waals surface area contributed by atoms with Crippen molar-refractivity contribution >= 4 is 21.4 Å². The molecule has 3 aromatic rings. The number of alkyl halides is 2. The maximum atomic E-state index is 14.0. The van der Waals surface area contributed by atoms with E-state index in [1.807, 2.05) is 13.0 Å². The Morgan fingerprint density at radius 3 is 2.58 bits per heavy atom. The second-order valence-corrected chi connectivity index (χ2v) is 8.97. The lowest BCUT2D eigenvalue weighted by Gasteiger charge is -2.31. The summed E-state index contributed by atoms with van der Waals surface area (Å²) in [4.78, 5) is 0.170. The third kappa shape index (κ3) is 4.32. The quantitative estimate of drug-likeness (QED) is 0.595. The second kappa shape index (κ2) is 8.14. The van der Waals surface area contributed by atoms with Crippen LogP contribution in [0.4, 0.5) is 24.5 Å². The summed E-state index contributed by atoms with van der Waals surface area (Å²) in [7, 11) is -3.83. The van der Waals surface area contributed by atoms with Gasteiger partial charge in [0.2, 0.25) is 0 Å². The van der Waals surface area contributed by atoms with E-state index in [-0.39, 0.29) is 22.8 Å². The number of rotatable bonds is 5. The number of hydrogen-bond donors (Lipinski definition) is 1. The van der Waals surface area contributed by atoms with E-state index < -0.39 is 22.5 Å². The first-order chi connectivity index (χ1) is 14.7. The molecule has 9 heteroatoms. The van der Waals surface area contributed by atoms with Crippen LogP contribution in [0.5, 0.6) is 5.75 Å². The van der Waals surface area contributed by atoms with E-state index in [9.17, 15) is 21.6 Å². The number of halogens is 3. The first kappa shape index (κ1) is 21.0. The predicted molar refractivity (Wildman–Crippen MR) is 113 cm³/mol. The Bertz CT molecular complexity index is 1230. The minimum atomic E-state index is -3.83. The minimum absolute atomic E-state index is 0.170. The van der Waals surface area contributed by atoms with Crippen LogP contribution >= 0.6 is 0 Å². The summed E-state index contributed by atoms with van der Waals surface area (Å²) in [6.45, 7) is -0.650. The zero-order chi connectivity index (χ0) is 22.2. The van der Waals surface area contributed by atoms with Crippen LogP contribution in [0.3, 0.4) is 0 Å². The number of fused-ring (bicyclic) bond motifs is 1. The van der Waals surface area contributed by atoms with Gasteiger partial charge in [-0.1, -0.05) is 18.2 Å². The van der Waals surface area contributed by atoms with Gasteiger partial charge in [0.05, 0.1) is 22.8 Å². The zero-order valence-electron chi connectivity index (χ0n) is 16.5. The van der Waals surface area contributed by atoms with Gasteiger partial charge in [0, 0.05) is 12.6 Å². The number of hydrogen-bond acceptors (Lipinski definition) is 4. The Balaban J connectivity index is 1.78. The zero-order valence-corrected chi connectivity index (χ0v) is 17.3. The third-order valence-electron chi connectivity index (χ3n) is 4.90. The lowest BCUT2D eigenvalue weighted by atomic mass is 10.0. The number of nitrogens with one attached hydrogen (secondary N) is 1. The van der Waals surface area contributed by atoms with Gasteiger partial charge in [0.15, 0.2) is 0 Å². The van der Waals surface area contributed by atoms with E-state index in [1.54, 1.807) is 30.3 Å². The van der Waals surface area contributed by atoms with E-state index in [0.29, 0.717) is 23.5 Å². The Morgan fingerprint density at radius 2 is 1.84 bits per heavy atom. The molecule has 3 aromatic carbocycles. The van der Waals surface area contributed by atoms with E-state index >= 15 is 0 Å². The maximum Gasteiger partial charge on any atom is 0.387 e. The molecular formula is C22H19F3N2O3S. The fourth-order valence-electron chi connectivity index (χ4n) is 3.53. The molecular weight excluding hydrogens is 429 g/mol. The molecule has 0 saturated heterocycles. The topological polar surface area (TPSA) is 58.6 Å². The van der Waals surface area contributed by atoms with Crippen molar-refractivity contribution < 1.29 is 26.3 Å². The standard InChI is InChI=1S/C22H19F3N2O3S/c1-14-3-2-4-19(9-14)31(28,29)27-8-7-26-20-6-5-15(12-21(20)27)16-10-17(23)13-18(11-16)30-22(24)25/h2-6,9-13,22,26H,7-8H2,1H3. The van der Waals surface area contributed by atoms with Gasteiger partial charge in [0.25, 0.3) is 10.0 Å². The highest BCUT2D eigenvalue weighted by atomic mass is 32.2. The van der Waals surface area contributed by atoms with Crippen molar-refractivity contribution in [2.45, 2.75) is 18.4 Å². The van der Waals surface area contributed by atoms with Crippen LogP contribution in [-0.4, -0.2) is 28.1 Å². The molecule has 0 radical (unpaired) electrons. The monoisotopic (exact) mass is 448 g/mol. The lowest BCUT2D eigenvalue weighted by Crippen LogP contribution is -2.38. The summed E-state index contributed by atoms with van der Waals surface area (Å²) in [5, 5.41) is 3.15. The summed E-state index contributed by atoms with van der Waals surface area (Å²) in [5.41, 5.74) is 2.57. The number of nitrogens with zero attached hydrogens (tertiary/aromatic N) is 1. The molecule has 0 bridgehead atoms. The molecule has 0 unspecified atom stereocenters. The summed E-state index contributed by atoms with van der Waals surface area (Å²) >= 11 is 0. The molecule has 5 nitrogen and oxygen atoms in total. The van der Waals surface area contributed by atoms with E-state index in [1.165, 1.54) is 22.5 Å². The minimum Gasteiger partial charge on any atom is -0.435 e. The van der Waals surface area contributed by atoms with Gasteiger partial charge >= 0.3 is 6.61 Å². The van der Waals surface area contributed by atoms with E-state index in [4.69, 9.17) is 0 Å². The summed E-state index contributed by atoms with van der Waals surface area (Å²) in [6.07, 6.45) is 0. The van der Waals surface area contributed by atoms with E-state index in [2.05, 4.69) is 10.1 Å². The molecule has 0 amide bonds. The molecule has 0 atom stereocenters. The Hall–Kier alpha value is -3.20. The lowest BCUT2D eigenvalue weighted by molar-refractivity contribution is -0.0499. The highest BCUT2D eigenvalue weighted by molar-refractivity contribution is 7.92. The smallest absolute Gasteiger partial charge is 0.387 e. The van der Waals surface area contributed by atoms with Crippen molar-refractivity contribution in [1.29, 1.82) is 0 Å². The largest absolute Gasteiger partial charge is 0.435 e. The van der Waals surface area contributed by atoms with Crippen LogP contribution in [-0.2, 0) is 10.0 Å². The first-order valence-corrected chi connectivity index (χ1v) is 10.9. The number of ether oxygens (including phenoxy) is 1. The first-order valence-electron chi connectivity index (χ1n) is 9.47. The molecule has 1 heterocycles. The number of benzene rings is 3. The van der Waals surface area contributed by atoms with Crippen LogP contribution in [0.15, 0.2) is 65.6 Å². The molecule has 0 aliphatic carbocycles. The van der Waals surface area contributed by atoms with Crippen molar-refractivity contribution in [3.05, 3.63) is 72.0 Å². The van der Waals surface area contributed by atoms with Crippen LogP contribution < -0.4 is 14.4 Å². The van der Waals surface area contributed by atoms with Crippen LogP contribution in [0.25, 0.3) is 11.1 Å². The van der Waals surface area contributed by atoms with Crippen molar-refractivity contribution in [2.24, 2.45) is 0 Å². The average molecular weight is 448 g/mol.